The molecular weight excluding hydrogens is 447 g/mol. The van der Waals surface area contributed by atoms with Crippen molar-refractivity contribution in [2.24, 2.45) is 0 Å². The molecule has 7 nitrogen and oxygen atoms in total. The first kappa shape index (κ1) is 23.4. The molecule has 34 heavy (non-hydrogen) atoms. The number of anilines is 1. The van der Waals surface area contributed by atoms with Gasteiger partial charge >= 0.3 is 6.36 Å². The van der Waals surface area contributed by atoms with Crippen molar-refractivity contribution in [3.05, 3.63) is 36.0 Å². The van der Waals surface area contributed by atoms with Crippen molar-refractivity contribution in [3.8, 4) is 11.4 Å². The topological polar surface area (TPSA) is 46.0 Å². The minimum Gasteiger partial charge on any atom is -0.406 e. The maximum atomic E-state index is 12.4. The van der Waals surface area contributed by atoms with Crippen LogP contribution < -0.4 is 9.64 Å². The fraction of sp³-hybridized carbons (Fsp3) is 0.625. The maximum absolute atomic E-state index is 12.4. The van der Waals surface area contributed by atoms with Gasteiger partial charge in [0.25, 0.3) is 0 Å². The smallest absolute Gasteiger partial charge is 0.406 e. The Kier molecular flexibility index (Phi) is 6.72. The summed E-state index contributed by atoms with van der Waals surface area (Å²) >= 11 is 0. The van der Waals surface area contributed by atoms with Crippen LogP contribution in [0.2, 0.25) is 0 Å². The van der Waals surface area contributed by atoms with Crippen LogP contribution in [0.5, 0.6) is 5.75 Å². The van der Waals surface area contributed by atoms with E-state index in [1.165, 1.54) is 25.1 Å². The summed E-state index contributed by atoms with van der Waals surface area (Å²) in [7, 11) is 0. The van der Waals surface area contributed by atoms with Gasteiger partial charge in [-0.25, -0.2) is 4.68 Å². The molecule has 3 aliphatic heterocycles. The highest BCUT2D eigenvalue weighted by Crippen LogP contribution is 2.28. The van der Waals surface area contributed by atoms with E-state index in [0.717, 1.165) is 70.3 Å². The van der Waals surface area contributed by atoms with E-state index in [4.69, 9.17) is 9.84 Å². The van der Waals surface area contributed by atoms with E-state index in [9.17, 15) is 13.2 Å². The van der Waals surface area contributed by atoms with E-state index in [0.29, 0.717) is 17.8 Å². The predicted molar refractivity (Wildman–Crippen MR) is 123 cm³/mol. The van der Waals surface area contributed by atoms with Crippen molar-refractivity contribution in [1.29, 1.82) is 0 Å². The average Bonchev–Trinajstić information content (AvgIpc) is 3.47. The number of aryl methyl sites for hydroxylation is 1. The molecule has 3 saturated heterocycles. The van der Waals surface area contributed by atoms with Gasteiger partial charge in [-0.3, -0.25) is 9.80 Å². The fourth-order valence-electron chi connectivity index (χ4n) is 5.46. The number of nitrogens with zero attached hydrogens (tertiary/aromatic N) is 5. The van der Waals surface area contributed by atoms with Crippen LogP contribution >= 0.6 is 0 Å². The third-order valence-corrected chi connectivity index (χ3v) is 7.25. The summed E-state index contributed by atoms with van der Waals surface area (Å²) in [5.74, 6) is 0.681. The van der Waals surface area contributed by atoms with Gasteiger partial charge in [-0.1, -0.05) is 0 Å². The van der Waals surface area contributed by atoms with Crippen LogP contribution in [0.1, 0.15) is 25.0 Å². The van der Waals surface area contributed by atoms with E-state index < -0.39 is 6.36 Å². The SMILES string of the molecule is Cc1cc(N2CCC(N3CCC(N4CCOCC4)C3)CC2)nn1-c1ccc(OC(F)(F)F)cc1. The number of piperidine rings is 1. The number of benzene rings is 1. The lowest BCUT2D eigenvalue weighted by Crippen LogP contribution is -2.47. The molecule has 10 heteroatoms. The van der Waals surface area contributed by atoms with Crippen LogP contribution in [0.15, 0.2) is 30.3 Å². The molecule has 1 aromatic carbocycles. The number of ether oxygens (including phenoxy) is 2. The number of hydrogen-bond donors (Lipinski definition) is 0. The number of halogens is 3. The molecule has 0 saturated carbocycles. The van der Waals surface area contributed by atoms with Crippen molar-refractivity contribution in [2.75, 3.05) is 57.4 Å². The Balaban J connectivity index is 1.16. The molecule has 4 heterocycles. The number of alkyl halides is 3. The van der Waals surface area contributed by atoms with E-state index in [2.05, 4.69) is 19.4 Å². The largest absolute Gasteiger partial charge is 0.573 e. The van der Waals surface area contributed by atoms with Gasteiger partial charge in [0.2, 0.25) is 0 Å². The third kappa shape index (κ3) is 5.34. The Hall–Kier alpha value is -2.30. The van der Waals surface area contributed by atoms with E-state index in [-0.39, 0.29) is 5.75 Å². The fourth-order valence-corrected chi connectivity index (χ4v) is 5.46. The lowest BCUT2D eigenvalue weighted by atomic mass is 10.0. The first-order valence-corrected chi connectivity index (χ1v) is 12.1. The van der Waals surface area contributed by atoms with Crippen LogP contribution in [0, 0.1) is 6.92 Å². The van der Waals surface area contributed by atoms with Gasteiger partial charge in [-0.05, 0) is 50.5 Å². The molecule has 0 N–H and O–H groups in total. The minimum atomic E-state index is -4.69. The van der Waals surface area contributed by atoms with Crippen LogP contribution in [0.3, 0.4) is 0 Å². The monoisotopic (exact) mass is 479 g/mol. The molecule has 3 aliphatic rings. The molecule has 1 unspecified atom stereocenters. The maximum Gasteiger partial charge on any atom is 0.573 e. The zero-order valence-electron chi connectivity index (χ0n) is 19.5. The molecule has 3 fully saturated rings. The van der Waals surface area contributed by atoms with Gasteiger partial charge in [0.05, 0.1) is 18.9 Å². The second-order valence-corrected chi connectivity index (χ2v) is 9.40. The van der Waals surface area contributed by atoms with Gasteiger partial charge in [0.15, 0.2) is 5.82 Å². The normalized spacial score (nSPS) is 23.5. The first-order valence-electron chi connectivity index (χ1n) is 12.1. The molecule has 2 aromatic rings. The van der Waals surface area contributed by atoms with Crippen LogP contribution in [0.25, 0.3) is 5.69 Å². The molecule has 0 radical (unpaired) electrons. The number of morpholine rings is 1. The summed E-state index contributed by atoms with van der Waals surface area (Å²) in [6.45, 7) is 10.0. The lowest BCUT2D eigenvalue weighted by molar-refractivity contribution is -0.274. The molecule has 0 spiro atoms. The van der Waals surface area contributed by atoms with Crippen molar-refractivity contribution in [3.63, 3.8) is 0 Å². The van der Waals surface area contributed by atoms with Crippen molar-refractivity contribution in [2.45, 2.75) is 44.6 Å². The molecule has 0 aliphatic carbocycles. The zero-order chi connectivity index (χ0) is 23.7. The number of hydrogen-bond acceptors (Lipinski definition) is 6. The Morgan fingerprint density at radius 3 is 2.26 bits per heavy atom. The number of rotatable bonds is 5. The Morgan fingerprint density at radius 1 is 0.912 bits per heavy atom. The summed E-state index contributed by atoms with van der Waals surface area (Å²) in [5.41, 5.74) is 1.65. The molecule has 0 bridgehead atoms. The quantitative estimate of drug-likeness (QED) is 0.655. The minimum absolute atomic E-state index is 0.235. The highest BCUT2D eigenvalue weighted by atomic mass is 19.4. The summed E-state index contributed by atoms with van der Waals surface area (Å²) in [6, 6.07) is 9.14. The second-order valence-electron chi connectivity index (χ2n) is 9.40. The zero-order valence-corrected chi connectivity index (χ0v) is 19.5. The molecule has 1 atom stereocenters. The Labute approximate surface area is 198 Å². The Bertz CT molecular complexity index is 951. The van der Waals surface area contributed by atoms with Crippen molar-refractivity contribution < 1.29 is 22.6 Å². The standard InChI is InChI=1S/C24H32F3N5O2/c1-18-16-23(28-32(18)20-2-4-22(5-3-20)34-24(25,26)27)30-9-6-19(7-10-30)31-11-8-21(17-31)29-12-14-33-15-13-29/h2-5,16,19,21H,6-15,17H2,1H3. The first-order chi connectivity index (χ1) is 16.4. The third-order valence-electron chi connectivity index (χ3n) is 7.25. The Morgan fingerprint density at radius 2 is 1.59 bits per heavy atom. The van der Waals surface area contributed by atoms with Crippen LogP contribution in [0.4, 0.5) is 19.0 Å². The van der Waals surface area contributed by atoms with E-state index >= 15 is 0 Å². The van der Waals surface area contributed by atoms with E-state index in [1.54, 1.807) is 16.8 Å². The molecule has 5 rings (SSSR count). The molecule has 0 amide bonds. The van der Waals surface area contributed by atoms with Gasteiger partial charge in [-0.2, -0.15) is 5.10 Å². The molecule has 186 valence electrons. The average molecular weight is 480 g/mol. The number of aromatic nitrogens is 2. The molecular formula is C24H32F3N5O2. The molecule has 1 aromatic heterocycles. The summed E-state index contributed by atoms with van der Waals surface area (Å²) in [4.78, 5) is 7.58. The summed E-state index contributed by atoms with van der Waals surface area (Å²) in [6.07, 6.45) is -1.21. The van der Waals surface area contributed by atoms with E-state index in [1.807, 2.05) is 13.0 Å². The van der Waals surface area contributed by atoms with Gasteiger partial charge in [-0.15, -0.1) is 13.2 Å². The summed E-state index contributed by atoms with van der Waals surface area (Å²) in [5, 5.41) is 4.75. The summed E-state index contributed by atoms with van der Waals surface area (Å²) < 4.78 is 48.5. The van der Waals surface area contributed by atoms with Crippen LogP contribution in [-0.4, -0.2) is 90.5 Å². The van der Waals surface area contributed by atoms with Crippen LogP contribution in [-0.2, 0) is 4.74 Å². The lowest BCUT2D eigenvalue weighted by Gasteiger charge is -2.37. The second kappa shape index (κ2) is 9.75. The highest BCUT2D eigenvalue weighted by Gasteiger charge is 2.34. The van der Waals surface area contributed by atoms with Gasteiger partial charge in [0, 0.05) is 63.1 Å². The predicted octanol–water partition coefficient (Wildman–Crippen LogP) is 3.45. The highest BCUT2D eigenvalue weighted by molar-refractivity contribution is 5.45. The van der Waals surface area contributed by atoms with Gasteiger partial charge in [0.1, 0.15) is 5.75 Å². The number of likely N-dealkylation sites (tertiary alicyclic amines) is 1. The van der Waals surface area contributed by atoms with Gasteiger partial charge < -0.3 is 14.4 Å². The van der Waals surface area contributed by atoms with Crippen molar-refractivity contribution in [1.82, 2.24) is 19.6 Å². The van der Waals surface area contributed by atoms with Crippen molar-refractivity contribution >= 4 is 5.82 Å².